The Labute approximate surface area is 123 Å². The van der Waals surface area contributed by atoms with E-state index in [0.29, 0.717) is 18.9 Å². The molecule has 0 fully saturated rings. The summed E-state index contributed by atoms with van der Waals surface area (Å²) in [4.78, 5) is 4.10. The van der Waals surface area contributed by atoms with E-state index in [0.717, 1.165) is 11.6 Å². The maximum atomic E-state index is 14.0. The Balaban J connectivity index is 2.43. The van der Waals surface area contributed by atoms with E-state index >= 15 is 0 Å². The van der Waals surface area contributed by atoms with E-state index in [-0.39, 0.29) is 5.56 Å². The van der Waals surface area contributed by atoms with Crippen molar-refractivity contribution in [3.8, 4) is 5.75 Å². The molecule has 0 saturated carbocycles. The van der Waals surface area contributed by atoms with Gasteiger partial charge in [-0.15, -0.1) is 0 Å². The van der Waals surface area contributed by atoms with Crippen molar-refractivity contribution in [2.24, 2.45) is 0 Å². The minimum absolute atomic E-state index is 0.257. The predicted octanol–water partition coefficient (Wildman–Crippen LogP) is 3.46. The van der Waals surface area contributed by atoms with Crippen LogP contribution >= 0.6 is 0 Å². The lowest BCUT2D eigenvalue weighted by molar-refractivity contribution is 0.338. The van der Waals surface area contributed by atoms with E-state index in [9.17, 15) is 8.78 Å². The molecule has 0 spiro atoms. The number of halogens is 2. The predicted molar refractivity (Wildman–Crippen MR) is 77.3 cm³/mol. The number of ether oxygens (including phenoxy) is 1. The molecule has 0 saturated heterocycles. The van der Waals surface area contributed by atoms with Gasteiger partial charge in [-0.3, -0.25) is 4.98 Å². The zero-order valence-corrected chi connectivity index (χ0v) is 12.1. The number of rotatable bonds is 6. The van der Waals surface area contributed by atoms with Crippen molar-refractivity contribution in [1.29, 1.82) is 0 Å². The first kappa shape index (κ1) is 15.4. The van der Waals surface area contributed by atoms with Gasteiger partial charge in [0, 0.05) is 11.8 Å². The highest BCUT2D eigenvalue weighted by Gasteiger charge is 2.20. The van der Waals surface area contributed by atoms with Crippen LogP contribution in [0.4, 0.5) is 8.78 Å². The molecule has 0 aliphatic rings. The van der Waals surface area contributed by atoms with Crippen molar-refractivity contribution in [2.75, 3.05) is 13.2 Å². The SMILES string of the molecule is CCNC(c1cncc(OCC)c1)c1cccc(F)c1F. The Morgan fingerprint density at radius 2 is 2.05 bits per heavy atom. The molecule has 2 rings (SSSR count). The summed E-state index contributed by atoms with van der Waals surface area (Å²) < 4.78 is 32.9. The maximum Gasteiger partial charge on any atom is 0.163 e. The lowest BCUT2D eigenvalue weighted by atomic mass is 9.99. The van der Waals surface area contributed by atoms with Crippen LogP contribution in [0.3, 0.4) is 0 Å². The van der Waals surface area contributed by atoms with Crippen molar-refractivity contribution in [1.82, 2.24) is 10.3 Å². The molecule has 0 bridgehead atoms. The fourth-order valence-electron chi connectivity index (χ4n) is 2.19. The zero-order chi connectivity index (χ0) is 15.2. The molecule has 1 N–H and O–H groups in total. The molecule has 1 aromatic heterocycles. The molecule has 0 aliphatic heterocycles. The van der Waals surface area contributed by atoms with Gasteiger partial charge in [-0.2, -0.15) is 0 Å². The van der Waals surface area contributed by atoms with Gasteiger partial charge >= 0.3 is 0 Å². The molecular weight excluding hydrogens is 274 g/mol. The molecule has 112 valence electrons. The van der Waals surface area contributed by atoms with E-state index in [4.69, 9.17) is 4.74 Å². The van der Waals surface area contributed by atoms with Crippen LogP contribution in [0, 0.1) is 11.6 Å². The minimum Gasteiger partial charge on any atom is -0.492 e. The van der Waals surface area contributed by atoms with E-state index in [2.05, 4.69) is 10.3 Å². The average molecular weight is 292 g/mol. The second kappa shape index (κ2) is 7.13. The number of pyridine rings is 1. The van der Waals surface area contributed by atoms with Crippen LogP contribution in [0.2, 0.25) is 0 Å². The molecule has 1 heterocycles. The normalized spacial score (nSPS) is 12.2. The quantitative estimate of drug-likeness (QED) is 0.885. The molecule has 1 aromatic carbocycles. The Morgan fingerprint density at radius 3 is 2.76 bits per heavy atom. The number of benzene rings is 1. The molecular formula is C16H18F2N2O. The summed E-state index contributed by atoms with van der Waals surface area (Å²) in [5.41, 5.74) is 0.986. The number of hydrogen-bond acceptors (Lipinski definition) is 3. The van der Waals surface area contributed by atoms with Crippen molar-refractivity contribution in [3.63, 3.8) is 0 Å². The maximum absolute atomic E-state index is 14.0. The van der Waals surface area contributed by atoms with Gasteiger partial charge in [0.1, 0.15) is 5.75 Å². The van der Waals surface area contributed by atoms with Gasteiger partial charge in [-0.1, -0.05) is 19.1 Å². The second-order valence-corrected chi connectivity index (χ2v) is 4.52. The number of nitrogens with one attached hydrogen (secondary N) is 1. The third kappa shape index (κ3) is 3.55. The first-order valence-electron chi connectivity index (χ1n) is 6.92. The number of nitrogens with zero attached hydrogens (tertiary/aromatic N) is 1. The fraction of sp³-hybridized carbons (Fsp3) is 0.312. The summed E-state index contributed by atoms with van der Waals surface area (Å²) in [6, 6.07) is 5.49. The first-order chi connectivity index (χ1) is 10.2. The van der Waals surface area contributed by atoms with Gasteiger partial charge in [0.25, 0.3) is 0 Å². The highest BCUT2D eigenvalue weighted by molar-refractivity contribution is 5.35. The topological polar surface area (TPSA) is 34.2 Å². The molecule has 5 heteroatoms. The molecule has 0 amide bonds. The van der Waals surface area contributed by atoms with Gasteiger partial charge in [0.15, 0.2) is 11.6 Å². The van der Waals surface area contributed by atoms with Crippen LogP contribution in [0.1, 0.15) is 31.0 Å². The van der Waals surface area contributed by atoms with Gasteiger partial charge in [0.05, 0.1) is 18.8 Å². The van der Waals surface area contributed by atoms with E-state index < -0.39 is 17.7 Å². The Bertz CT molecular complexity index is 605. The highest BCUT2D eigenvalue weighted by Crippen LogP contribution is 2.27. The summed E-state index contributed by atoms with van der Waals surface area (Å²) >= 11 is 0. The molecule has 1 unspecified atom stereocenters. The standard InChI is InChI=1S/C16H18F2N2O/c1-3-20-16(13-6-5-7-14(17)15(13)18)11-8-12(21-4-2)10-19-9-11/h5-10,16,20H,3-4H2,1-2H3. The van der Waals surface area contributed by atoms with Gasteiger partial charge < -0.3 is 10.1 Å². The highest BCUT2D eigenvalue weighted by atomic mass is 19.2. The molecule has 1 atom stereocenters. The Kier molecular flexibility index (Phi) is 5.22. The average Bonchev–Trinajstić information content (AvgIpc) is 2.49. The van der Waals surface area contributed by atoms with E-state index in [1.165, 1.54) is 6.07 Å². The first-order valence-corrected chi connectivity index (χ1v) is 6.92. The summed E-state index contributed by atoms with van der Waals surface area (Å²) in [5.74, 6) is -1.09. The monoisotopic (exact) mass is 292 g/mol. The third-order valence-corrected chi connectivity index (χ3v) is 3.08. The Hall–Kier alpha value is -2.01. The molecule has 2 aromatic rings. The molecule has 3 nitrogen and oxygen atoms in total. The minimum atomic E-state index is -0.857. The van der Waals surface area contributed by atoms with Crippen molar-refractivity contribution < 1.29 is 13.5 Å². The van der Waals surface area contributed by atoms with Crippen LogP contribution in [0.5, 0.6) is 5.75 Å². The summed E-state index contributed by atoms with van der Waals surface area (Å²) in [5, 5.41) is 3.15. The zero-order valence-electron chi connectivity index (χ0n) is 12.1. The smallest absolute Gasteiger partial charge is 0.163 e. The largest absolute Gasteiger partial charge is 0.492 e. The van der Waals surface area contributed by atoms with E-state index in [1.54, 1.807) is 24.5 Å². The van der Waals surface area contributed by atoms with Crippen LogP contribution in [-0.2, 0) is 0 Å². The second-order valence-electron chi connectivity index (χ2n) is 4.52. The van der Waals surface area contributed by atoms with Crippen LogP contribution in [-0.4, -0.2) is 18.1 Å². The van der Waals surface area contributed by atoms with Gasteiger partial charge in [-0.05, 0) is 31.2 Å². The lowest BCUT2D eigenvalue weighted by Gasteiger charge is -2.20. The Morgan fingerprint density at radius 1 is 1.24 bits per heavy atom. The molecule has 21 heavy (non-hydrogen) atoms. The van der Waals surface area contributed by atoms with Crippen LogP contribution < -0.4 is 10.1 Å². The third-order valence-electron chi connectivity index (χ3n) is 3.08. The van der Waals surface area contributed by atoms with Crippen LogP contribution in [0.15, 0.2) is 36.7 Å². The van der Waals surface area contributed by atoms with Crippen molar-refractivity contribution >= 4 is 0 Å². The van der Waals surface area contributed by atoms with Gasteiger partial charge in [0.2, 0.25) is 0 Å². The number of hydrogen-bond donors (Lipinski definition) is 1. The number of aromatic nitrogens is 1. The summed E-state index contributed by atoms with van der Waals surface area (Å²) in [7, 11) is 0. The summed E-state index contributed by atoms with van der Waals surface area (Å²) in [6.07, 6.45) is 3.22. The molecule has 0 aliphatic carbocycles. The summed E-state index contributed by atoms with van der Waals surface area (Å²) in [6.45, 7) is 4.91. The van der Waals surface area contributed by atoms with E-state index in [1.807, 2.05) is 13.8 Å². The van der Waals surface area contributed by atoms with Gasteiger partial charge in [-0.25, -0.2) is 8.78 Å². The fourth-order valence-corrected chi connectivity index (χ4v) is 2.19. The van der Waals surface area contributed by atoms with Crippen molar-refractivity contribution in [2.45, 2.75) is 19.9 Å². The van der Waals surface area contributed by atoms with Crippen molar-refractivity contribution in [3.05, 3.63) is 59.4 Å². The lowest BCUT2D eigenvalue weighted by Crippen LogP contribution is -2.23. The molecule has 0 radical (unpaired) electrons. The van der Waals surface area contributed by atoms with Crippen LogP contribution in [0.25, 0.3) is 0 Å².